The van der Waals surface area contributed by atoms with Gasteiger partial charge in [0.1, 0.15) is 0 Å². The Labute approximate surface area is 78.3 Å². The molecule has 2 heterocycles. The molecule has 13 heavy (non-hydrogen) atoms. The molecule has 0 saturated carbocycles. The van der Waals surface area contributed by atoms with Gasteiger partial charge in [0.05, 0.1) is 0 Å². The maximum atomic E-state index is 5.69. The molecule has 0 spiro atoms. The van der Waals surface area contributed by atoms with Crippen LogP contribution in [0.4, 0.5) is 0 Å². The summed E-state index contributed by atoms with van der Waals surface area (Å²) in [5.41, 5.74) is 6.98. The van der Waals surface area contributed by atoms with Crippen molar-refractivity contribution in [3.8, 4) is 0 Å². The predicted molar refractivity (Wildman–Crippen MR) is 51.3 cm³/mol. The van der Waals surface area contributed by atoms with E-state index in [2.05, 4.69) is 16.1 Å². The first-order chi connectivity index (χ1) is 6.25. The Kier molecular flexibility index (Phi) is 2.33. The molecule has 1 aromatic rings. The van der Waals surface area contributed by atoms with Gasteiger partial charge in [-0.25, -0.2) is 0 Å². The Hall–Kier alpha value is -0.870. The van der Waals surface area contributed by atoms with Gasteiger partial charge in [-0.2, -0.15) is 5.10 Å². The van der Waals surface area contributed by atoms with E-state index in [4.69, 9.17) is 5.73 Å². The number of aryl methyl sites for hydroxylation is 1. The lowest BCUT2D eigenvalue weighted by atomic mass is 10.1. The van der Waals surface area contributed by atoms with Gasteiger partial charge in [0.25, 0.3) is 0 Å². The second-order valence-corrected chi connectivity index (χ2v) is 3.72. The van der Waals surface area contributed by atoms with Crippen LogP contribution in [0, 0.1) is 0 Å². The lowest BCUT2D eigenvalue weighted by Crippen LogP contribution is -2.56. The fourth-order valence-corrected chi connectivity index (χ4v) is 1.71. The van der Waals surface area contributed by atoms with Crippen molar-refractivity contribution in [1.29, 1.82) is 0 Å². The predicted octanol–water partition coefficient (Wildman–Crippen LogP) is -0.394. The molecule has 0 aromatic carbocycles. The van der Waals surface area contributed by atoms with Crippen LogP contribution in [0.5, 0.6) is 0 Å². The summed E-state index contributed by atoms with van der Waals surface area (Å²) in [6.07, 6.45) is 2.92. The minimum atomic E-state index is 0.409. The molecule has 1 saturated heterocycles. The maximum absolute atomic E-state index is 5.69. The van der Waals surface area contributed by atoms with Crippen LogP contribution in [-0.2, 0) is 13.5 Å². The van der Waals surface area contributed by atoms with E-state index in [0.717, 1.165) is 26.1 Å². The van der Waals surface area contributed by atoms with E-state index < -0.39 is 0 Å². The van der Waals surface area contributed by atoms with Crippen LogP contribution in [0.1, 0.15) is 5.69 Å². The van der Waals surface area contributed by atoms with Crippen molar-refractivity contribution >= 4 is 0 Å². The molecule has 2 rings (SSSR count). The van der Waals surface area contributed by atoms with Crippen LogP contribution in [0.2, 0.25) is 0 Å². The molecule has 0 bridgehead atoms. The Morgan fingerprint density at radius 1 is 1.62 bits per heavy atom. The lowest BCUT2D eigenvalue weighted by Gasteiger charge is -2.36. The molecule has 0 amide bonds. The summed E-state index contributed by atoms with van der Waals surface area (Å²) in [6, 6.07) is 2.48. The summed E-state index contributed by atoms with van der Waals surface area (Å²) in [6.45, 7) is 3.21. The summed E-state index contributed by atoms with van der Waals surface area (Å²) in [5.74, 6) is 0. The first kappa shape index (κ1) is 8.72. The molecular weight excluding hydrogens is 164 g/mol. The van der Waals surface area contributed by atoms with E-state index in [0.29, 0.717) is 6.04 Å². The molecule has 1 fully saturated rings. The highest BCUT2D eigenvalue weighted by Gasteiger charge is 2.22. The van der Waals surface area contributed by atoms with E-state index in [1.807, 2.05) is 17.9 Å². The van der Waals surface area contributed by atoms with Gasteiger partial charge in [0.15, 0.2) is 0 Å². The minimum absolute atomic E-state index is 0.409. The summed E-state index contributed by atoms with van der Waals surface area (Å²) in [7, 11) is 1.98. The third-order valence-electron chi connectivity index (χ3n) is 2.59. The second-order valence-electron chi connectivity index (χ2n) is 3.72. The van der Waals surface area contributed by atoms with Gasteiger partial charge in [-0.3, -0.25) is 9.58 Å². The smallest absolute Gasteiger partial charge is 0.0492 e. The highest BCUT2D eigenvalue weighted by Crippen LogP contribution is 2.07. The van der Waals surface area contributed by atoms with Gasteiger partial charge in [-0.15, -0.1) is 0 Å². The zero-order chi connectivity index (χ0) is 9.26. The van der Waals surface area contributed by atoms with Gasteiger partial charge in [-0.05, 0) is 6.07 Å². The minimum Gasteiger partial charge on any atom is -0.325 e. The molecule has 4 heteroatoms. The molecule has 1 aliphatic heterocycles. The van der Waals surface area contributed by atoms with Crippen molar-refractivity contribution in [2.24, 2.45) is 12.8 Å². The first-order valence-corrected chi connectivity index (χ1v) is 4.70. The average Bonchev–Trinajstić information content (AvgIpc) is 2.43. The normalized spacial score (nSPS) is 18.9. The highest BCUT2D eigenvalue weighted by atomic mass is 15.3. The molecule has 1 aromatic heterocycles. The van der Waals surface area contributed by atoms with Crippen molar-refractivity contribution in [2.75, 3.05) is 19.6 Å². The highest BCUT2D eigenvalue weighted by molar-refractivity contribution is 5.01. The van der Waals surface area contributed by atoms with Crippen LogP contribution in [0.15, 0.2) is 12.3 Å². The van der Waals surface area contributed by atoms with Crippen molar-refractivity contribution in [3.63, 3.8) is 0 Å². The van der Waals surface area contributed by atoms with Crippen molar-refractivity contribution < 1.29 is 0 Å². The van der Waals surface area contributed by atoms with E-state index in [9.17, 15) is 0 Å². The quantitative estimate of drug-likeness (QED) is 0.689. The Morgan fingerprint density at radius 3 is 2.92 bits per heavy atom. The first-order valence-electron chi connectivity index (χ1n) is 4.70. The fourth-order valence-electron chi connectivity index (χ4n) is 1.71. The van der Waals surface area contributed by atoms with Crippen LogP contribution in [0.25, 0.3) is 0 Å². The van der Waals surface area contributed by atoms with Crippen LogP contribution in [0.3, 0.4) is 0 Å². The average molecular weight is 180 g/mol. The van der Waals surface area contributed by atoms with E-state index in [1.54, 1.807) is 0 Å². The molecule has 0 radical (unpaired) electrons. The van der Waals surface area contributed by atoms with Crippen molar-refractivity contribution in [2.45, 2.75) is 12.5 Å². The maximum Gasteiger partial charge on any atom is 0.0492 e. The number of nitrogens with zero attached hydrogens (tertiary/aromatic N) is 3. The van der Waals surface area contributed by atoms with Gasteiger partial charge < -0.3 is 5.73 Å². The summed E-state index contributed by atoms with van der Waals surface area (Å²) >= 11 is 0. The number of likely N-dealkylation sites (tertiary alicyclic amines) is 1. The lowest BCUT2D eigenvalue weighted by molar-refractivity contribution is 0.152. The zero-order valence-corrected chi connectivity index (χ0v) is 7.98. The topological polar surface area (TPSA) is 47.1 Å². The molecule has 4 nitrogen and oxygen atoms in total. The molecule has 1 aliphatic rings. The monoisotopic (exact) mass is 180 g/mol. The fraction of sp³-hybridized carbons (Fsp3) is 0.667. The van der Waals surface area contributed by atoms with E-state index in [1.165, 1.54) is 5.69 Å². The summed E-state index contributed by atoms with van der Waals surface area (Å²) in [5, 5.41) is 4.13. The van der Waals surface area contributed by atoms with Crippen molar-refractivity contribution in [3.05, 3.63) is 18.0 Å². The summed E-state index contributed by atoms with van der Waals surface area (Å²) in [4.78, 5) is 2.37. The largest absolute Gasteiger partial charge is 0.325 e. The molecule has 0 aliphatic carbocycles. The number of aromatic nitrogens is 2. The molecule has 72 valence electrons. The van der Waals surface area contributed by atoms with Crippen LogP contribution < -0.4 is 5.73 Å². The second kappa shape index (κ2) is 3.47. The van der Waals surface area contributed by atoms with Crippen LogP contribution >= 0.6 is 0 Å². The van der Waals surface area contributed by atoms with Gasteiger partial charge in [-0.1, -0.05) is 0 Å². The van der Waals surface area contributed by atoms with Crippen LogP contribution in [-0.4, -0.2) is 40.4 Å². The number of hydrogen-bond acceptors (Lipinski definition) is 3. The third-order valence-corrected chi connectivity index (χ3v) is 2.59. The Bertz CT molecular complexity index is 275. The molecule has 0 atom stereocenters. The van der Waals surface area contributed by atoms with Gasteiger partial charge in [0.2, 0.25) is 0 Å². The SMILES string of the molecule is Cn1nccc1CCN1CC(N)C1. The molecule has 2 N–H and O–H groups in total. The zero-order valence-electron chi connectivity index (χ0n) is 7.98. The third kappa shape index (κ3) is 1.89. The van der Waals surface area contributed by atoms with Gasteiger partial charge >= 0.3 is 0 Å². The van der Waals surface area contributed by atoms with E-state index >= 15 is 0 Å². The van der Waals surface area contributed by atoms with Gasteiger partial charge in [0, 0.05) is 51.0 Å². The Morgan fingerprint density at radius 2 is 2.38 bits per heavy atom. The van der Waals surface area contributed by atoms with Crippen molar-refractivity contribution in [1.82, 2.24) is 14.7 Å². The standard InChI is InChI=1S/C9H16N4/c1-12-9(2-4-11-12)3-5-13-6-8(10)7-13/h2,4,8H,3,5-7,10H2,1H3. The number of rotatable bonds is 3. The molecular formula is C9H16N4. The molecule has 0 unspecified atom stereocenters. The number of hydrogen-bond donors (Lipinski definition) is 1. The number of nitrogens with two attached hydrogens (primary N) is 1. The Balaban J connectivity index is 1.77. The summed E-state index contributed by atoms with van der Waals surface area (Å²) < 4.78 is 1.93. The van der Waals surface area contributed by atoms with E-state index in [-0.39, 0.29) is 0 Å².